The second-order valence-electron chi connectivity index (χ2n) is 5.77. The van der Waals surface area contributed by atoms with Gasteiger partial charge in [-0.05, 0) is 20.8 Å². The first-order chi connectivity index (χ1) is 10.5. The topological polar surface area (TPSA) is 114 Å². The SMILES string of the molecule is CC(C)(C)OC(=O)N[C@@H](CNc1cc(F)c(F)cc1N)C(=O)O. The Hall–Kier alpha value is -2.58. The van der Waals surface area contributed by atoms with Crippen LogP contribution < -0.4 is 16.4 Å². The van der Waals surface area contributed by atoms with Gasteiger partial charge in [0.15, 0.2) is 11.6 Å². The summed E-state index contributed by atoms with van der Waals surface area (Å²) >= 11 is 0. The maximum atomic E-state index is 13.2. The molecule has 0 heterocycles. The quantitative estimate of drug-likeness (QED) is 0.613. The molecule has 1 aromatic carbocycles. The predicted octanol–water partition coefficient (Wildman–Crippen LogP) is 1.94. The van der Waals surface area contributed by atoms with Gasteiger partial charge in [0.25, 0.3) is 0 Å². The van der Waals surface area contributed by atoms with Gasteiger partial charge in [-0.1, -0.05) is 0 Å². The number of carbonyl (C=O) groups is 2. The Morgan fingerprint density at radius 3 is 2.39 bits per heavy atom. The lowest BCUT2D eigenvalue weighted by molar-refractivity contribution is -0.139. The summed E-state index contributed by atoms with van der Waals surface area (Å²) in [5.74, 6) is -3.58. The van der Waals surface area contributed by atoms with Gasteiger partial charge in [-0.25, -0.2) is 18.4 Å². The lowest BCUT2D eigenvalue weighted by Gasteiger charge is -2.22. The van der Waals surface area contributed by atoms with E-state index in [1.54, 1.807) is 20.8 Å². The zero-order chi connectivity index (χ0) is 17.8. The number of carboxylic acids is 1. The van der Waals surface area contributed by atoms with Crippen LogP contribution in [0, 0.1) is 11.6 Å². The molecule has 0 saturated heterocycles. The van der Waals surface area contributed by atoms with Crippen molar-refractivity contribution in [2.24, 2.45) is 0 Å². The third kappa shape index (κ3) is 5.97. The summed E-state index contributed by atoms with van der Waals surface area (Å²) in [6.45, 7) is 4.58. The molecule has 0 radical (unpaired) electrons. The van der Waals surface area contributed by atoms with E-state index in [0.29, 0.717) is 0 Å². The monoisotopic (exact) mass is 331 g/mol. The largest absolute Gasteiger partial charge is 0.480 e. The molecule has 0 aliphatic heterocycles. The van der Waals surface area contributed by atoms with Crippen LogP contribution in [0.25, 0.3) is 0 Å². The number of hydrogen-bond donors (Lipinski definition) is 4. The van der Waals surface area contributed by atoms with E-state index in [1.165, 1.54) is 0 Å². The highest BCUT2D eigenvalue weighted by atomic mass is 19.2. The zero-order valence-corrected chi connectivity index (χ0v) is 12.9. The molecule has 0 saturated carbocycles. The molecule has 0 spiro atoms. The van der Waals surface area contributed by atoms with Gasteiger partial charge in [0.05, 0.1) is 11.4 Å². The summed E-state index contributed by atoms with van der Waals surface area (Å²) in [7, 11) is 0. The van der Waals surface area contributed by atoms with Crippen LogP contribution in [0.4, 0.5) is 25.0 Å². The number of anilines is 2. The number of carboxylic acid groups (broad SMARTS) is 1. The molecule has 1 aromatic rings. The molecule has 0 bridgehead atoms. The van der Waals surface area contributed by atoms with E-state index in [4.69, 9.17) is 15.6 Å². The summed E-state index contributed by atoms with van der Waals surface area (Å²) in [6, 6.07) is 0.226. The molecule has 0 fully saturated rings. The molecule has 9 heteroatoms. The average molecular weight is 331 g/mol. The van der Waals surface area contributed by atoms with E-state index in [0.717, 1.165) is 12.1 Å². The first kappa shape index (κ1) is 18.5. The minimum absolute atomic E-state index is 0.0149. The molecule has 0 aliphatic rings. The van der Waals surface area contributed by atoms with Gasteiger partial charge >= 0.3 is 12.1 Å². The van der Waals surface area contributed by atoms with E-state index in [2.05, 4.69) is 10.6 Å². The number of aliphatic carboxylic acids is 1. The Morgan fingerprint density at radius 1 is 1.30 bits per heavy atom. The van der Waals surface area contributed by atoms with Gasteiger partial charge in [0.2, 0.25) is 0 Å². The normalized spacial score (nSPS) is 12.4. The Bertz CT molecular complexity index is 602. The summed E-state index contributed by atoms with van der Waals surface area (Å²) in [4.78, 5) is 22.7. The number of hydrogen-bond acceptors (Lipinski definition) is 5. The molecule has 23 heavy (non-hydrogen) atoms. The van der Waals surface area contributed by atoms with Gasteiger partial charge in [-0.2, -0.15) is 0 Å². The summed E-state index contributed by atoms with van der Waals surface area (Å²) < 4.78 is 31.1. The van der Waals surface area contributed by atoms with Crippen LogP contribution in [0.2, 0.25) is 0 Å². The number of benzene rings is 1. The van der Waals surface area contributed by atoms with Crippen LogP contribution >= 0.6 is 0 Å². The smallest absolute Gasteiger partial charge is 0.408 e. The number of rotatable bonds is 5. The third-order valence-electron chi connectivity index (χ3n) is 2.58. The molecule has 1 atom stereocenters. The molecule has 0 unspecified atom stereocenters. The molecular formula is C14H19F2N3O4. The van der Waals surface area contributed by atoms with E-state index in [1.807, 2.05) is 0 Å². The molecule has 0 aromatic heterocycles. The van der Waals surface area contributed by atoms with Crippen LogP contribution in [0.3, 0.4) is 0 Å². The van der Waals surface area contributed by atoms with Crippen LogP contribution in [-0.4, -0.2) is 35.4 Å². The van der Waals surface area contributed by atoms with Crippen molar-refractivity contribution < 1.29 is 28.2 Å². The number of nitrogen functional groups attached to an aromatic ring is 1. The second kappa shape index (κ2) is 7.12. The van der Waals surface area contributed by atoms with Gasteiger partial charge < -0.3 is 26.2 Å². The molecule has 5 N–H and O–H groups in total. The predicted molar refractivity (Wildman–Crippen MR) is 80.1 cm³/mol. The molecule has 7 nitrogen and oxygen atoms in total. The minimum Gasteiger partial charge on any atom is -0.480 e. The van der Waals surface area contributed by atoms with E-state index in [9.17, 15) is 18.4 Å². The van der Waals surface area contributed by atoms with Crippen molar-refractivity contribution in [3.05, 3.63) is 23.8 Å². The van der Waals surface area contributed by atoms with E-state index >= 15 is 0 Å². The van der Waals surface area contributed by atoms with Gasteiger partial charge in [-0.15, -0.1) is 0 Å². The van der Waals surface area contributed by atoms with Crippen LogP contribution in [0.1, 0.15) is 20.8 Å². The number of carbonyl (C=O) groups excluding carboxylic acids is 1. The maximum absolute atomic E-state index is 13.2. The van der Waals surface area contributed by atoms with Crippen molar-refractivity contribution >= 4 is 23.4 Å². The maximum Gasteiger partial charge on any atom is 0.408 e. The van der Waals surface area contributed by atoms with Crippen LogP contribution in [-0.2, 0) is 9.53 Å². The molecule has 0 aliphatic carbocycles. The van der Waals surface area contributed by atoms with Crippen molar-refractivity contribution in [2.45, 2.75) is 32.4 Å². The Labute approximate surface area is 131 Å². The van der Waals surface area contributed by atoms with E-state index < -0.39 is 35.3 Å². The number of ether oxygens (including phenoxy) is 1. The molecular weight excluding hydrogens is 312 g/mol. The first-order valence-electron chi connectivity index (χ1n) is 6.70. The lowest BCUT2D eigenvalue weighted by Crippen LogP contribution is -2.47. The van der Waals surface area contributed by atoms with Crippen molar-refractivity contribution in [1.82, 2.24) is 5.32 Å². The standard InChI is InChI=1S/C14H19F2N3O4/c1-14(2,3)23-13(22)19-11(12(20)21)6-18-10-5-8(16)7(15)4-9(10)17/h4-5,11,18H,6,17H2,1-3H3,(H,19,22)(H,20,21)/t11-/m0/s1. The fraction of sp³-hybridized carbons (Fsp3) is 0.429. The Morgan fingerprint density at radius 2 is 1.87 bits per heavy atom. The highest BCUT2D eigenvalue weighted by molar-refractivity contribution is 5.81. The number of nitrogens with two attached hydrogens (primary N) is 1. The number of amides is 1. The summed E-state index contributed by atoms with van der Waals surface area (Å²) in [6.07, 6.45) is -0.912. The first-order valence-corrected chi connectivity index (χ1v) is 6.70. The van der Waals surface area contributed by atoms with Gasteiger partial charge in [0.1, 0.15) is 11.6 Å². The van der Waals surface area contributed by atoms with Gasteiger partial charge in [0, 0.05) is 18.7 Å². The van der Waals surface area contributed by atoms with E-state index in [-0.39, 0.29) is 17.9 Å². The Kier molecular flexibility index (Phi) is 5.72. The molecule has 1 amide bonds. The fourth-order valence-electron chi connectivity index (χ4n) is 1.58. The number of halogens is 2. The number of alkyl carbamates (subject to hydrolysis) is 1. The second-order valence-corrected chi connectivity index (χ2v) is 5.77. The molecule has 1 rings (SSSR count). The lowest BCUT2D eigenvalue weighted by atomic mass is 10.2. The van der Waals surface area contributed by atoms with Crippen LogP contribution in [0.5, 0.6) is 0 Å². The fourth-order valence-corrected chi connectivity index (χ4v) is 1.58. The zero-order valence-electron chi connectivity index (χ0n) is 12.9. The van der Waals surface area contributed by atoms with Crippen molar-refractivity contribution in [3.8, 4) is 0 Å². The van der Waals surface area contributed by atoms with Crippen LogP contribution in [0.15, 0.2) is 12.1 Å². The number of nitrogens with one attached hydrogen (secondary N) is 2. The molecule has 128 valence electrons. The van der Waals surface area contributed by atoms with Crippen molar-refractivity contribution in [1.29, 1.82) is 0 Å². The minimum atomic E-state index is -1.35. The highest BCUT2D eigenvalue weighted by Gasteiger charge is 2.24. The summed E-state index contributed by atoms with van der Waals surface area (Å²) in [5.41, 5.74) is 4.64. The van der Waals surface area contributed by atoms with Crippen molar-refractivity contribution in [2.75, 3.05) is 17.6 Å². The highest BCUT2D eigenvalue weighted by Crippen LogP contribution is 2.21. The summed E-state index contributed by atoms with van der Waals surface area (Å²) in [5, 5.41) is 13.8. The third-order valence-corrected chi connectivity index (χ3v) is 2.58. The Balaban J connectivity index is 2.73. The van der Waals surface area contributed by atoms with Gasteiger partial charge in [-0.3, -0.25) is 0 Å². The average Bonchev–Trinajstić information content (AvgIpc) is 2.37. The van der Waals surface area contributed by atoms with Crippen molar-refractivity contribution in [3.63, 3.8) is 0 Å².